The number of hydrogen-bond acceptors (Lipinski definition) is 4. The minimum atomic E-state index is 0.613. The molecule has 9 rings (SSSR count). The summed E-state index contributed by atoms with van der Waals surface area (Å²) >= 11 is 0. The molecule has 3 heterocycles. The van der Waals surface area contributed by atoms with E-state index in [0.717, 1.165) is 83.1 Å². The Morgan fingerprint density at radius 3 is 1.90 bits per heavy atom. The lowest BCUT2D eigenvalue weighted by atomic mass is 9.94. The first-order valence-corrected chi connectivity index (χ1v) is 16.9. The molecule has 6 aromatic carbocycles. The van der Waals surface area contributed by atoms with Crippen molar-refractivity contribution in [3.05, 3.63) is 163 Å². The highest BCUT2D eigenvalue weighted by molar-refractivity contribution is 6.13. The fourth-order valence-electron chi connectivity index (χ4n) is 7.10. The Balaban J connectivity index is 1.24. The van der Waals surface area contributed by atoms with E-state index in [1.807, 2.05) is 61.5 Å². The third kappa shape index (κ3) is 4.86. The van der Waals surface area contributed by atoms with Crippen molar-refractivity contribution in [2.45, 2.75) is 20.8 Å². The topological polar surface area (TPSA) is 57.0 Å². The van der Waals surface area contributed by atoms with Crippen molar-refractivity contribution in [2.75, 3.05) is 0 Å². The molecule has 0 saturated heterocycles. The molecular weight excluding hydrogens is 615 g/mol. The minimum Gasteiger partial charge on any atom is -0.436 e. The van der Waals surface area contributed by atoms with Gasteiger partial charge in [0.2, 0.25) is 11.8 Å². The number of aromatic nitrogens is 3. The van der Waals surface area contributed by atoms with Gasteiger partial charge >= 0.3 is 0 Å². The molecule has 0 saturated carbocycles. The molecule has 0 aliphatic heterocycles. The van der Waals surface area contributed by atoms with Crippen molar-refractivity contribution < 1.29 is 8.83 Å². The van der Waals surface area contributed by atoms with E-state index in [2.05, 4.69) is 109 Å². The third-order valence-corrected chi connectivity index (χ3v) is 9.52. The lowest BCUT2D eigenvalue weighted by molar-refractivity contribution is 0.586. The van der Waals surface area contributed by atoms with Crippen LogP contribution in [0.3, 0.4) is 0 Å². The summed E-state index contributed by atoms with van der Waals surface area (Å²) in [6.07, 6.45) is 4.23. The maximum Gasteiger partial charge on any atom is 0.227 e. The Kier molecular flexibility index (Phi) is 7.06. The van der Waals surface area contributed by atoms with Crippen molar-refractivity contribution in [2.24, 2.45) is 0 Å². The number of benzene rings is 6. The molecule has 0 N–H and O–H groups in total. The molecule has 0 aliphatic rings. The molecule has 0 atom stereocenters. The fraction of sp³-hybridized carbons (Fsp3) is 0.0667. The number of hydrogen-bond donors (Lipinski definition) is 0. The summed E-state index contributed by atoms with van der Waals surface area (Å²) in [5.41, 5.74) is 14.1. The Labute approximate surface area is 289 Å². The normalized spacial score (nSPS) is 12.5. The van der Waals surface area contributed by atoms with Crippen molar-refractivity contribution in [1.29, 1.82) is 0 Å². The molecule has 5 heteroatoms. The van der Waals surface area contributed by atoms with Crippen LogP contribution in [0.15, 0.2) is 154 Å². The average molecular weight is 648 g/mol. The number of para-hydroxylation sites is 4. The van der Waals surface area contributed by atoms with Gasteiger partial charge in [0.1, 0.15) is 11.0 Å². The van der Waals surface area contributed by atoms with Crippen LogP contribution in [0.25, 0.3) is 83.4 Å². The summed E-state index contributed by atoms with van der Waals surface area (Å²) in [5.74, 6) is 1.23. The molecule has 0 aliphatic carbocycles. The zero-order chi connectivity index (χ0) is 33.8. The number of nitrogens with zero attached hydrogens (tertiary/aromatic N) is 3. The first kappa shape index (κ1) is 29.7. The Morgan fingerprint density at radius 2 is 1.20 bits per heavy atom. The predicted octanol–water partition coefficient (Wildman–Crippen LogP) is 12.2. The van der Waals surface area contributed by atoms with Crippen molar-refractivity contribution in [3.63, 3.8) is 0 Å². The van der Waals surface area contributed by atoms with Gasteiger partial charge < -0.3 is 13.4 Å². The van der Waals surface area contributed by atoms with Gasteiger partial charge in [-0.2, -0.15) is 0 Å². The van der Waals surface area contributed by atoms with Crippen LogP contribution in [0, 0.1) is 6.92 Å². The summed E-state index contributed by atoms with van der Waals surface area (Å²) in [5, 5.41) is 2.32. The van der Waals surface area contributed by atoms with E-state index >= 15 is 0 Å². The number of allylic oxidation sites excluding steroid dienone is 4. The minimum absolute atomic E-state index is 0.613. The maximum atomic E-state index is 6.25. The first-order chi connectivity index (χ1) is 24.6. The molecule has 0 fully saturated rings. The smallest absolute Gasteiger partial charge is 0.227 e. The van der Waals surface area contributed by atoms with Crippen LogP contribution >= 0.6 is 0 Å². The molecule has 240 valence electrons. The van der Waals surface area contributed by atoms with Gasteiger partial charge in [0.05, 0.1) is 11.0 Å². The van der Waals surface area contributed by atoms with E-state index in [0.29, 0.717) is 11.8 Å². The van der Waals surface area contributed by atoms with Crippen LogP contribution in [0.1, 0.15) is 30.9 Å². The van der Waals surface area contributed by atoms with Crippen LogP contribution in [0.5, 0.6) is 0 Å². The van der Waals surface area contributed by atoms with Crippen molar-refractivity contribution >= 4 is 55.2 Å². The average Bonchev–Trinajstić information content (AvgIpc) is 3.87. The molecule has 9 aromatic rings. The monoisotopic (exact) mass is 647 g/mol. The predicted molar refractivity (Wildman–Crippen MR) is 205 cm³/mol. The van der Waals surface area contributed by atoms with Gasteiger partial charge in [0, 0.05) is 27.6 Å². The van der Waals surface area contributed by atoms with Gasteiger partial charge in [0.25, 0.3) is 0 Å². The van der Waals surface area contributed by atoms with E-state index in [9.17, 15) is 0 Å². The second kappa shape index (κ2) is 11.9. The summed E-state index contributed by atoms with van der Waals surface area (Å²) in [7, 11) is 0. The largest absolute Gasteiger partial charge is 0.436 e. The summed E-state index contributed by atoms with van der Waals surface area (Å²) in [4.78, 5) is 9.68. The van der Waals surface area contributed by atoms with Gasteiger partial charge in [-0.15, -0.1) is 0 Å². The lowest BCUT2D eigenvalue weighted by Gasteiger charge is -2.11. The van der Waals surface area contributed by atoms with Crippen LogP contribution in [-0.2, 0) is 0 Å². The number of fused-ring (bicyclic) bond motifs is 5. The molecule has 0 radical (unpaired) electrons. The molecule has 5 nitrogen and oxygen atoms in total. The Bertz CT molecular complexity index is 2720. The molecule has 0 bridgehead atoms. The molecule has 3 aromatic heterocycles. The maximum absolute atomic E-state index is 6.25. The van der Waals surface area contributed by atoms with E-state index in [-0.39, 0.29) is 0 Å². The molecule has 50 heavy (non-hydrogen) atoms. The molecule has 0 unspecified atom stereocenters. The van der Waals surface area contributed by atoms with Crippen LogP contribution in [0.2, 0.25) is 0 Å². The summed E-state index contributed by atoms with van der Waals surface area (Å²) in [6.45, 7) is 6.23. The van der Waals surface area contributed by atoms with E-state index < -0.39 is 0 Å². The van der Waals surface area contributed by atoms with Gasteiger partial charge in [-0.05, 0) is 110 Å². The second-order valence-electron chi connectivity index (χ2n) is 12.6. The van der Waals surface area contributed by atoms with Crippen molar-refractivity contribution in [3.8, 4) is 28.3 Å². The zero-order valence-electron chi connectivity index (χ0n) is 28.0. The van der Waals surface area contributed by atoms with Crippen LogP contribution in [-0.4, -0.2) is 14.5 Å². The molecule has 0 spiro atoms. The number of rotatable bonds is 6. The van der Waals surface area contributed by atoms with E-state index in [1.165, 1.54) is 5.56 Å². The Hall–Kier alpha value is -6.46. The standard InChI is InChI=1S/C45H33N3O2/c1-4-32(33(5-2)44-46-38-14-8-10-16-42(38)49-44)29-20-24-40-36(26-29)37-27-30(21-25-41(37)48(40)31-22-18-28(3)19-23-31)34-12-6-7-13-35(34)45-47-39-15-9-11-17-43(39)50-45/h4-27H,1-3H3. The van der Waals surface area contributed by atoms with Gasteiger partial charge in [-0.3, -0.25) is 0 Å². The van der Waals surface area contributed by atoms with E-state index in [4.69, 9.17) is 18.8 Å². The highest BCUT2D eigenvalue weighted by Crippen LogP contribution is 2.41. The van der Waals surface area contributed by atoms with Gasteiger partial charge in [-0.25, -0.2) is 9.97 Å². The fourth-order valence-corrected chi connectivity index (χ4v) is 7.10. The number of oxazole rings is 2. The highest BCUT2D eigenvalue weighted by Gasteiger charge is 2.20. The van der Waals surface area contributed by atoms with Crippen LogP contribution in [0.4, 0.5) is 0 Å². The van der Waals surface area contributed by atoms with Crippen LogP contribution < -0.4 is 0 Å². The Morgan fingerprint density at radius 1 is 0.580 bits per heavy atom. The third-order valence-electron chi connectivity index (χ3n) is 9.52. The first-order valence-electron chi connectivity index (χ1n) is 16.9. The van der Waals surface area contributed by atoms with Crippen molar-refractivity contribution in [1.82, 2.24) is 14.5 Å². The second-order valence-corrected chi connectivity index (χ2v) is 12.6. The quantitative estimate of drug-likeness (QED) is 0.169. The summed E-state index contributed by atoms with van der Waals surface area (Å²) in [6, 6.07) is 46.4. The van der Waals surface area contributed by atoms with Gasteiger partial charge in [0.15, 0.2) is 11.2 Å². The lowest BCUT2D eigenvalue weighted by Crippen LogP contribution is -1.95. The molecular formula is C45H33N3O2. The highest BCUT2D eigenvalue weighted by atomic mass is 16.4. The number of aryl methyl sites for hydroxylation is 1. The zero-order valence-corrected chi connectivity index (χ0v) is 28.0. The summed E-state index contributed by atoms with van der Waals surface area (Å²) < 4.78 is 14.9. The SMILES string of the molecule is CC=C(C(=CC)c1nc2ccccc2o1)c1ccc2c(c1)c1cc(-c3ccccc3-c3nc4ccccc4o3)ccc1n2-c1ccc(C)cc1. The van der Waals surface area contributed by atoms with E-state index in [1.54, 1.807) is 0 Å². The van der Waals surface area contributed by atoms with Gasteiger partial charge in [-0.1, -0.05) is 84.4 Å². The molecule has 0 amide bonds.